The van der Waals surface area contributed by atoms with Gasteiger partial charge in [0.25, 0.3) is 0 Å². The Morgan fingerprint density at radius 1 is 0.833 bits per heavy atom. The maximum atomic E-state index is 12.9. The van der Waals surface area contributed by atoms with Gasteiger partial charge in [-0.2, -0.15) is 13.2 Å². The number of nitrogens with one attached hydrogen (secondary N) is 1. The predicted molar refractivity (Wildman–Crippen MR) is 132 cm³/mol. The number of imidazole rings is 1. The van der Waals surface area contributed by atoms with Gasteiger partial charge >= 0.3 is 6.18 Å². The van der Waals surface area contributed by atoms with Crippen molar-refractivity contribution in [3.05, 3.63) is 102 Å². The molecule has 0 bridgehead atoms. The third kappa shape index (κ3) is 5.30. The van der Waals surface area contributed by atoms with Gasteiger partial charge in [-0.15, -0.1) is 0 Å². The van der Waals surface area contributed by atoms with E-state index in [-0.39, 0.29) is 0 Å². The molecule has 0 fully saturated rings. The molecule has 5 aromatic rings. The topological polar surface area (TPSA) is 64.9 Å². The fraction of sp³-hybridized carbons (Fsp3) is 0.148. The minimum absolute atomic E-state index is 0.316. The van der Waals surface area contributed by atoms with Crippen molar-refractivity contribution in [1.29, 1.82) is 0 Å². The van der Waals surface area contributed by atoms with Crippen LogP contribution in [-0.2, 0) is 12.7 Å². The Labute approximate surface area is 205 Å². The molecule has 9 heteroatoms. The van der Waals surface area contributed by atoms with E-state index in [0.29, 0.717) is 48.1 Å². The summed E-state index contributed by atoms with van der Waals surface area (Å²) in [4.78, 5) is 13.9. The maximum absolute atomic E-state index is 12.9. The molecule has 3 aromatic carbocycles. The number of benzene rings is 3. The molecule has 0 spiro atoms. The molecule has 0 radical (unpaired) electrons. The monoisotopic (exact) mass is 489 g/mol. The Morgan fingerprint density at radius 3 is 2.22 bits per heavy atom. The zero-order valence-corrected chi connectivity index (χ0v) is 19.1. The van der Waals surface area contributed by atoms with E-state index in [0.717, 1.165) is 23.4 Å². The molecule has 0 aliphatic rings. The number of anilines is 1. The highest BCUT2D eigenvalue weighted by Gasteiger charge is 2.30. The summed E-state index contributed by atoms with van der Waals surface area (Å²) in [5.41, 5.74) is 2.01. The number of fused-ring (bicyclic) bond motifs is 1. The molecular weight excluding hydrogens is 467 g/mol. The summed E-state index contributed by atoms with van der Waals surface area (Å²) in [6.07, 6.45) is -2.75. The van der Waals surface area contributed by atoms with E-state index < -0.39 is 11.7 Å². The van der Waals surface area contributed by atoms with Crippen molar-refractivity contribution in [3.63, 3.8) is 0 Å². The molecular formula is C27H22F3N5O. The average Bonchev–Trinajstić information content (AvgIpc) is 3.30. The molecule has 1 N–H and O–H groups in total. The van der Waals surface area contributed by atoms with Crippen LogP contribution in [0.25, 0.3) is 22.6 Å². The average molecular weight is 490 g/mol. The predicted octanol–water partition coefficient (Wildman–Crippen LogP) is 6.05. The number of aromatic nitrogens is 4. The summed E-state index contributed by atoms with van der Waals surface area (Å²) >= 11 is 0. The minimum Gasteiger partial charge on any atom is -0.492 e. The van der Waals surface area contributed by atoms with Crippen molar-refractivity contribution in [1.82, 2.24) is 19.5 Å². The number of hydrogen-bond acceptors (Lipinski definition) is 5. The van der Waals surface area contributed by atoms with Gasteiger partial charge in [0.2, 0.25) is 0 Å². The van der Waals surface area contributed by atoms with Crippen LogP contribution in [-0.4, -0.2) is 32.7 Å². The summed E-state index contributed by atoms with van der Waals surface area (Å²) in [6, 6.07) is 24.2. The first kappa shape index (κ1) is 23.3. The molecule has 0 amide bonds. The van der Waals surface area contributed by atoms with Crippen LogP contribution in [0.5, 0.6) is 5.75 Å². The zero-order valence-electron chi connectivity index (χ0n) is 19.1. The molecule has 0 aliphatic heterocycles. The first-order valence-corrected chi connectivity index (χ1v) is 11.3. The number of nitrogens with zero attached hydrogens (tertiary/aromatic N) is 4. The molecule has 5 rings (SSSR count). The summed E-state index contributed by atoms with van der Waals surface area (Å²) in [5, 5.41) is 3.29. The Bertz CT molecular complexity index is 1440. The Hall–Kier alpha value is -4.40. The van der Waals surface area contributed by atoms with Crippen LogP contribution in [0.4, 0.5) is 19.0 Å². The minimum atomic E-state index is -4.37. The number of alkyl halides is 3. The molecule has 6 nitrogen and oxygen atoms in total. The summed E-state index contributed by atoms with van der Waals surface area (Å²) < 4.78 is 46.4. The second-order valence-corrected chi connectivity index (χ2v) is 8.09. The molecule has 2 aromatic heterocycles. The molecule has 0 saturated heterocycles. The smallest absolute Gasteiger partial charge is 0.416 e. The van der Waals surface area contributed by atoms with Crippen molar-refractivity contribution in [2.45, 2.75) is 12.7 Å². The second kappa shape index (κ2) is 10.1. The summed E-state index contributed by atoms with van der Waals surface area (Å²) in [5.74, 6) is 1.85. The van der Waals surface area contributed by atoms with Gasteiger partial charge in [-0.1, -0.05) is 60.7 Å². The van der Waals surface area contributed by atoms with E-state index in [1.54, 1.807) is 10.9 Å². The van der Waals surface area contributed by atoms with E-state index in [1.165, 1.54) is 12.1 Å². The van der Waals surface area contributed by atoms with E-state index in [2.05, 4.69) is 10.3 Å². The van der Waals surface area contributed by atoms with Gasteiger partial charge < -0.3 is 14.6 Å². The lowest BCUT2D eigenvalue weighted by Gasteiger charge is -2.11. The van der Waals surface area contributed by atoms with Crippen LogP contribution in [0.15, 0.2) is 91.3 Å². The van der Waals surface area contributed by atoms with E-state index >= 15 is 0 Å². The number of para-hydroxylation sites is 1. The fourth-order valence-corrected chi connectivity index (χ4v) is 3.75. The highest BCUT2D eigenvalue weighted by Crippen LogP contribution is 2.30. The van der Waals surface area contributed by atoms with Crippen molar-refractivity contribution in [3.8, 4) is 17.1 Å². The van der Waals surface area contributed by atoms with E-state index in [9.17, 15) is 13.2 Å². The number of rotatable bonds is 8. The van der Waals surface area contributed by atoms with Crippen LogP contribution in [0, 0.1) is 0 Å². The van der Waals surface area contributed by atoms with Crippen LogP contribution >= 0.6 is 0 Å². The lowest BCUT2D eigenvalue weighted by Crippen LogP contribution is -2.13. The molecule has 0 saturated carbocycles. The van der Waals surface area contributed by atoms with Crippen LogP contribution in [0.2, 0.25) is 0 Å². The third-order valence-corrected chi connectivity index (χ3v) is 5.54. The lowest BCUT2D eigenvalue weighted by molar-refractivity contribution is -0.137. The number of halogens is 3. The SMILES string of the molecule is FC(F)(F)c1ccc(Cn2cnc3c(NCCOc4ccccc4)nc(-c4ccccc4)nc32)cc1. The first-order valence-electron chi connectivity index (χ1n) is 11.3. The zero-order chi connectivity index (χ0) is 25.0. The Balaban J connectivity index is 1.42. The quantitative estimate of drug-likeness (QED) is 0.269. The van der Waals surface area contributed by atoms with Crippen LogP contribution < -0.4 is 10.1 Å². The fourth-order valence-electron chi connectivity index (χ4n) is 3.75. The van der Waals surface area contributed by atoms with Crippen molar-refractivity contribution < 1.29 is 17.9 Å². The van der Waals surface area contributed by atoms with Gasteiger partial charge in [0, 0.05) is 5.56 Å². The molecule has 0 atom stereocenters. The van der Waals surface area contributed by atoms with Gasteiger partial charge in [-0.3, -0.25) is 0 Å². The Kier molecular flexibility index (Phi) is 6.53. The maximum Gasteiger partial charge on any atom is 0.416 e. The number of hydrogen-bond donors (Lipinski definition) is 1. The van der Waals surface area contributed by atoms with E-state index in [1.807, 2.05) is 60.7 Å². The van der Waals surface area contributed by atoms with Crippen molar-refractivity contribution in [2.24, 2.45) is 0 Å². The molecule has 0 aliphatic carbocycles. The highest BCUT2D eigenvalue weighted by molar-refractivity contribution is 5.85. The third-order valence-electron chi connectivity index (χ3n) is 5.54. The van der Waals surface area contributed by atoms with Crippen LogP contribution in [0.1, 0.15) is 11.1 Å². The molecule has 182 valence electrons. The Morgan fingerprint density at radius 2 is 1.53 bits per heavy atom. The molecule has 36 heavy (non-hydrogen) atoms. The van der Waals surface area contributed by atoms with Crippen LogP contribution in [0.3, 0.4) is 0 Å². The molecule has 2 heterocycles. The highest BCUT2D eigenvalue weighted by atomic mass is 19.4. The summed E-state index contributed by atoms with van der Waals surface area (Å²) in [6.45, 7) is 1.22. The molecule has 0 unspecified atom stereocenters. The lowest BCUT2D eigenvalue weighted by atomic mass is 10.1. The standard InChI is InChI=1S/C27H22F3N5O/c28-27(29,30)21-13-11-19(12-14-21)17-35-18-32-23-25(31-15-16-36-22-9-5-2-6-10-22)33-24(34-26(23)35)20-7-3-1-4-8-20/h1-14,18H,15-17H2,(H,31,33,34). The normalized spacial score (nSPS) is 11.5. The van der Waals surface area contributed by atoms with Crippen molar-refractivity contribution in [2.75, 3.05) is 18.5 Å². The van der Waals surface area contributed by atoms with Gasteiger partial charge in [0.15, 0.2) is 17.3 Å². The first-order chi connectivity index (χ1) is 17.5. The van der Waals surface area contributed by atoms with Gasteiger partial charge in [-0.05, 0) is 29.8 Å². The van der Waals surface area contributed by atoms with E-state index in [4.69, 9.17) is 14.7 Å². The summed E-state index contributed by atoms with van der Waals surface area (Å²) in [7, 11) is 0. The van der Waals surface area contributed by atoms with Crippen molar-refractivity contribution >= 4 is 17.0 Å². The largest absolute Gasteiger partial charge is 0.492 e. The van der Waals surface area contributed by atoms with Gasteiger partial charge in [-0.25, -0.2) is 15.0 Å². The number of ether oxygens (including phenoxy) is 1. The van der Waals surface area contributed by atoms with Gasteiger partial charge in [0.05, 0.1) is 25.0 Å². The van der Waals surface area contributed by atoms with Gasteiger partial charge in [0.1, 0.15) is 17.9 Å². The second-order valence-electron chi connectivity index (χ2n) is 8.09.